The lowest BCUT2D eigenvalue weighted by Gasteiger charge is -2.33. The summed E-state index contributed by atoms with van der Waals surface area (Å²) in [5, 5.41) is 3.12. The Balaban J connectivity index is 2.27. The van der Waals surface area contributed by atoms with Crippen LogP contribution in [0.1, 0.15) is 54.4 Å². The third kappa shape index (κ3) is 8.10. The SMILES string of the molecule is CC(C)(C)SCCN1CCC[C@H](CNC(=O)C(C)(C)C)C1. The quantitative estimate of drug-likeness (QED) is 0.844. The van der Waals surface area contributed by atoms with E-state index in [-0.39, 0.29) is 11.3 Å². The molecule has 0 aromatic heterocycles. The van der Waals surface area contributed by atoms with Crippen LogP contribution in [-0.2, 0) is 4.79 Å². The zero-order valence-corrected chi connectivity index (χ0v) is 15.6. The first-order valence-corrected chi connectivity index (χ1v) is 9.21. The second kappa shape index (κ2) is 7.87. The van der Waals surface area contributed by atoms with Crippen LogP contribution in [0.15, 0.2) is 0 Å². The molecular weight excluding hydrogens is 280 g/mol. The van der Waals surface area contributed by atoms with Crippen LogP contribution < -0.4 is 5.32 Å². The maximum atomic E-state index is 11.9. The van der Waals surface area contributed by atoms with Gasteiger partial charge in [0.15, 0.2) is 0 Å². The maximum Gasteiger partial charge on any atom is 0.225 e. The number of hydrogen-bond acceptors (Lipinski definition) is 3. The fraction of sp³-hybridized carbons (Fsp3) is 0.941. The Morgan fingerprint density at radius 1 is 1.24 bits per heavy atom. The monoisotopic (exact) mass is 314 g/mol. The minimum Gasteiger partial charge on any atom is -0.355 e. The van der Waals surface area contributed by atoms with Gasteiger partial charge in [0.05, 0.1) is 0 Å². The Morgan fingerprint density at radius 3 is 2.48 bits per heavy atom. The average Bonchev–Trinajstić information content (AvgIpc) is 2.33. The van der Waals surface area contributed by atoms with Crippen molar-refractivity contribution in [3.63, 3.8) is 0 Å². The van der Waals surface area contributed by atoms with Crippen LogP contribution in [0.3, 0.4) is 0 Å². The van der Waals surface area contributed by atoms with E-state index in [0.29, 0.717) is 10.7 Å². The molecule has 0 aliphatic carbocycles. The zero-order valence-electron chi connectivity index (χ0n) is 14.8. The fourth-order valence-corrected chi connectivity index (χ4v) is 3.47. The van der Waals surface area contributed by atoms with Gasteiger partial charge in [0.25, 0.3) is 0 Å². The second-order valence-corrected chi connectivity index (χ2v) is 10.2. The summed E-state index contributed by atoms with van der Waals surface area (Å²) in [4.78, 5) is 14.5. The molecular formula is C17H34N2OS. The van der Waals surface area contributed by atoms with Crippen LogP contribution >= 0.6 is 11.8 Å². The highest BCUT2D eigenvalue weighted by Gasteiger charge is 2.24. The van der Waals surface area contributed by atoms with Crippen molar-refractivity contribution in [3.8, 4) is 0 Å². The molecule has 21 heavy (non-hydrogen) atoms. The minimum absolute atomic E-state index is 0.169. The van der Waals surface area contributed by atoms with Gasteiger partial charge in [-0.1, -0.05) is 41.5 Å². The summed E-state index contributed by atoms with van der Waals surface area (Å²) in [6, 6.07) is 0. The van der Waals surface area contributed by atoms with Crippen LogP contribution in [0.2, 0.25) is 0 Å². The van der Waals surface area contributed by atoms with E-state index in [9.17, 15) is 4.79 Å². The summed E-state index contributed by atoms with van der Waals surface area (Å²) in [6.07, 6.45) is 2.50. The van der Waals surface area contributed by atoms with Crippen molar-refractivity contribution in [1.82, 2.24) is 10.2 Å². The largest absolute Gasteiger partial charge is 0.355 e. The molecule has 124 valence electrons. The summed E-state index contributed by atoms with van der Waals surface area (Å²) in [7, 11) is 0. The van der Waals surface area contributed by atoms with E-state index in [0.717, 1.165) is 13.1 Å². The van der Waals surface area contributed by atoms with Crippen LogP contribution in [0, 0.1) is 11.3 Å². The van der Waals surface area contributed by atoms with Gasteiger partial charge >= 0.3 is 0 Å². The van der Waals surface area contributed by atoms with Crippen molar-refractivity contribution >= 4 is 17.7 Å². The van der Waals surface area contributed by atoms with Crippen molar-refractivity contribution < 1.29 is 4.79 Å². The minimum atomic E-state index is -0.280. The van der Waals surface area contributed by atoms with Gasteiger partial charge in [-0.25, -0.2) is 0 Å². The van der Waals surface area contributed by atoms with Gasteiger partial charge in [-0.15, -0.1) is 0 Å². The number of nitrogens with one attached hydrogen (secondary N) is 1. The molecule has 0 radical (unpaired) electrons. The second-order valence-electron chi connectivity index (χ2n) is 8.23. The summed E-state index contributed by atoms with van der Waals surface area (Å²) in [6.45, 7) is 17.1. The van der Waals surface area contributed by atoms with Gasteiger partial charge in [-0.3, -0.25) is 4.79 Å². The predicted octanol–water partition coefficient (Wildman–Crippen LogP) is 3.39. The number of carbonyl (C=O) groups excluding carboxylic acids is 1. The smallest absolute Gasteiger partial charge is 0.225 e. The molecule has 0 aromatic carbocycles. The van der Waals surface area contributed by atoms with E-state index in [1.54, 1.807) is 0 Å². The lowest BCUT2D eigenvalue weighted by atomic mass is 9.94. The van der Waals surface area contributed by atoms with Crippen molar-refractivity contribution in [2.24, 2.45) is 11.3 Å². The Kier molecular flexibility index (Phi) is 7.05. The van der Waals surface area contributed by atoms with E-state index in [1.165, 1.54) is 31.7 Å². The molecule has 0 aromatic rings. The molecule has 1 heterocycles. The number of hydrogen-bond donors (Lipinski definition) is 1. The van der Waals surface area contributed by atoms with Crippen molar-refractivity contribution in [2.75, 3.05) is 31.9 Å². The lowest BCUT2D eigenvalue weighted by molar-refractivity contribution is -0.128. The highest BCUT2D eigenvalue weighted by Crippen LogP contribution is 2.24. The number of rotatable bonds is 5. The maximum absolute atomic E-state index is 11.9. The van der Waals surface area contributed by atoms with Crippen LogP contribution in [0.25, 0.3) is 0 Å². The highest BCUT2D eigenvalue weighted by molar-refractivity contribution is 8.00. The molecule has 1 amide bonds. The molecule has 1 rings (SSSR count). The molecule has 1 saturated heterocycles. The number of likely N-dealkylation sites (tertiary alicyclic amines) is 1. The van der Waals surface area contributed by atoms with Gasteiger partial charge < -0.3 is 10.2 Å². The zero-order chi connectivity index (χ0) is 16.1. The van der Waals surface area contributed by atoms with Gasteiger partial charge in [-0.2, -0.15) is 11.8 Å². The molecule has 1 atom stereocenters. The molecule has 1 aliphatic heterocycles. The number of thioether (sulfide) groups is 1. The van der Waals surface area contributed by atoms with Crippen LogP contribution in [0.5, 0.6) is 0 Å². The van der Waals surface area contributed by atoms with Gasteiger partial charge in [0, 0.05) is 35.5 Å². The Hall–Kier alpha value is -0.220. The normalized spacial score (nSPS) is 21.3. The Bertz CT molecular complexity index is 331. The number of carbonyl (C=O) groups is 1. The van der Waals surface area contributed by atoms with Crippen molar-refractivity contribution in [3.05, 3.63) is 0 Å². The summed E-state index contributed by atoms with van der Waals surface area (Å²) in [5.74, 6) is 1.98. The van der Waals surface area contributed by atoms with E-state index >= 15 is 0 Å². The molecule has 3 nitrogen and oxygen atoms in total. The van der Waals surface area contributed by atoms with Gasteiger partial charge in [0.2, 0.25) is 5.91 Å². The molecule has 1 aliphatic rings. The fourth-order valence-electron chi connectivity index (χ4n) is 2.50. The first-order valence-electron chi connectivity index (χ1n) is 8.22. The summed E-state index contributed by atoms with van der Waals surface area (Å²) in [5.41, 5.74) is -0.280. The first-order chi connectivity index (χ1) is 9.58. The molecule has 0 bridgehead atoms. The number of amides is 1. The van der Waals surface area contributed by atoms with Crippen LogP contribution in [-0.4, -0.2) is 47.5 Å². The van der Waals surface area contributed by atoms with E-state index in [4.69, 9.17) is 0 Å². The third-order valence-corrected chi connectivity index (χ3v) is 5.03. The van der Waals surface area contributed by atoms with Crippen molar-refractivity contribution in [1.29, 1.82) is 0 Å². The van der Waals surface area contributed by atoms with Crippen LogP contribution in [0.4, 0.5) is 0 Å². The predicted molar refractivity (Wildman–Crippen MR) is 93.8 cm³/mol. The molecule has 4 heteroatoms. The van der Waals surface area contributed by atoms with Crippen molar-refractivity contribution in [2.45, 2.75) is 59.1 Å². The van der Waals surface area contributed by atoms with Gasteiger partial charge in [0.1, 0.15) is 0 Å². The molecule has 1 fully saturated rings. The Morgan fingerprint density at radius 2 is 1.90 bits per heavy atom. The molecule has 0 spiro atoms. The highest BCUT2D eigenvalue weighted by atomic mass is 32.2. The summed E-state index contributed by atoms with van der Waals surface area (Å²) < 4.78 is 0.357. The summed E-state index contributed by atoms with van der Waals surface area (Å²) >= 11 is 2.04. The third-order valence-electron chi connectivity index (χ3n) is 3.78. The Labute approximate surface area is 135 Å². The average molecular weight is 315 g/mol. The molecule has 0 saturated carbocycles. The van der Waals surface area contributed by atoms with E-state index < -0.39 is 0 Å². The van der Waals surface area contributed by atoms with E-state index in [1.807, 2.05) is 32.5 Å². The lowest BCUT2D eigenvalue weighted by Crippen LogP contribution is -2.44. The number of piperidine rings is 1. The first kappa shape index (κ1) is 18.8. The van der Waals surface area contributed by atoms with E-state index in [2.05, 4.69) is 31.0 Å². The number of nitrogens with zero attached hydrogens (tertiary/aromatic N) is 1. The molecule has 1 N–H and O–H groups in total. The van der Waals surface area contributed by atoms with Gasteiger partial charge in [-0.05, 0) is 25.3 Å². The topological polar surface area (TPSA) is 32.3 Å². The standard InChI is InChI=1S/C17H34N2OS/c1-16(2,3)15(20)18-12-14-8-7-9-19(13-14)10-11-21-17(4,5)6/h14H,7-13H2,1-6H3,(H,18,20)/t14-/m1/s1. The molecule has 0 unspecified atom stereocenters.